The molecule has 0 radical (unpaired) electrons. The van der Waals surface area contributed by atoms with Crippen LogP contribution in [0.3, 0.4) is 0 Å². The number of hydrogen-bond acceptors (Lipinski definition) is 5. The molecule has 158 valence electrons. The van der Waals surface area contributed by atoms with E-state index in [9.17, 15) is 26.8 Å². The minimum absolute atomic E-state index is 0.0499. The highest BCUT2D eigenvalue weighted by atomic mass is 32.2. The molecule has 2 amide bonds. The lowest BCUT2D eigenvalue weighted by atomic mass is 10.2. The molecular formula is C20H19F2N3O4S. The number of piperazine rings is 1. The van der Waals surface area contributed by atoms with E-state index in [-0.39, 0.29) is 38.3 Å². The van der Waals surface area contributed by atoms with E-state index in [1.165, 1.54) is 36.4 Å². The number of halogens is 2. The van der Waals surface area contributed by atoms with Crippen molar-refractivity contribution in [1.29, 1.82) is 0 Å². The van der Waals surface area contributed by atoms with Gasteiger partial charge in [0.2, 0.25) is 15.9 Å². The molecular weight excluding hydrogens is 416 g/mol. The first-order valence-electron chi connectivity index (χ1n) is 9.41. The van der Waals surface area contributed by atoms with Crippen LogP contribution in [0.1, 0.15) is 6.42 Å². The van der Waals surface area contributed by atoms with Gasteiger partial charge in [-0.3, -0.25) is 14.5 Å². The number of amides is 2. The summed E-state index contributed by atoms with van der Waals surface area (Å²) in [5.74, 6) is -2.52. The van der Waals surface area contributed by atoms with Crippen LogP contribution < -0.4 is 4.90 Å². The summed E-state index contributed by atoms with van der Waals surface area (Å²) < 4.78 is 54.6. The lowest BCUT2D eigenvalue weighted by molar-refractivity contribution is -0.123. The number of carbonyl (C=O) groups excluding carboxylic acids is 2. The van der Waals surface area contributed by atoms with Crippen molar-refractivity contribution in [2.24, 2.45) is 0 Å². The molecule has 2 saturated heterocycles. The predicted octanol–water partition coefficient (Wildman–Crippen LogP) is 1.60. The number of nitrogens with zero attached hydrogens (tertiary/aromatic N) is 3. The monoisotopic (exact) mass is 435 g/mol. The van der Waals surface area contributed by atoms with E-state index in [2.05, 4.69) is 0 Å². The molecule has 0 aromatic heterocycles. The van der Waals surface area contributed by atoms with E-state index in [0.717, 1.165) is 15.3 Å². The van der Waals surface area contributed by atoms with E-state index in [0.29, 0.717) is 0 Å². The van der Waals surface area contributed by atoms with Crippen LogP contribution in [0.5, 0.6) is 0 Å². The van der Waals surface area contributed by atoms with E-state index in [1.807, 2.05) is 0 Å². The molecule has 0 unspecified atom stereocenters. The van der Waals surface area contributed by atoms with Gasteiger partial charge in [-0.15, -0.1) is 0 Å². The third-order valence-electron chi connectivity index (χ3n) is 5.38. The average Bonchev–Trinajstić information content (AvgIpc) is 3.03. The highest BCUT2D eigenvalue weighted by Gasteiger charge is 2.45. The number of para-hydroxylation sites is 1. The van der Waals surface area contributed by atoms with E-state index in [1.54, 1.807) is 11.0 Å². The average molecular weight is 435 g/mol. The van der Waals surface area contributed by atoms with Gasteiger partial charge < -0.3 is 0 Å². The molecule has 2 aliphatic heterocycles. The maximum atomic E-state index is 14.1. The second-order valence-corrected chi connectivity index (χ2v) is 9.02. The normalized spacial score (nSPS) is 21.4. The third kappa shape index (κ3) is 3.51. The molecule has 2 aromatic carbocycles. The molecule has 10 heteroatoms. The largest absolute Gasteiger partial charge is 0.289 e. The Labute approximate surface area is 172 Å². The highest BCUT2D eigenvalue weighted by Crippen LogP contribution is 2.29. The summed E-state index contributed by atoms with van der Waals surface area (Å²) in [4.78, 5) is 27.4. The molecule has 0 saturated carbocycles. The summed E-state index contributed by atoms with van der Waals surface area (Å²) in [5.41, 5.74) is -0.0873. The Morgan fingerprint density at radius 1 is 0.833 bits per heavy atom. The summed E-state index contributed by atoms with van der Waals surface area (Å²) in [6, 6.07) is 9.93. The van der Waals surface area contributed by atoms with Crippen LogP contribution in [0.25, 0.3) is 0 Å². The summed E-state index contributed by atoms with van der Waals surface area (Å²) in [5, 5.41) is 0. The van der Waals surface area contributed by atoms with Gasteiger partial charge in [0.25, 0.3) is 5.91 Å². The Hall–Kier alpha value is -2.69. The van der Waals surface area contributed by atoms with Crippen molar-refractivity contribution >= 4 is 27.5 Å². The Balaban J connectivity index is 1.47. The van der Waals surface area contributed by atoms with E-state index in [4.69, 9.17) is 0 Å². The summed E-state index contributed by atoms with van der Waals surface area (Å²) >= 11 is 0. The zero-order chi connectivity index (χ0) is 21.5. The summed E-state index contributed by atoms with van der Waals surface area (Å²) in [6.07, 6.45) is -0.104. The number of benzene rings is 2. The molecule has 2 fully saturated rings. The maximum Gasteiger partial charge on any atom is 0.251 e. The fraction of sp³-hybridized carbons (Fsp3) is 0.300. The minimum Gasteiger partial charge on any atom is -0.289 e. The fourth-order valence-electron chi connectivity index (χ4n) is 3.84. The summed E-state index contributed by atoms with van der Waals surface area (Å²) in [7, 11) is -4.00. The van der Waals surface area contributed by atoms with Gasteiger partial charge in [-0.25, -0.2) is 22.1 Å². The molecule has 0 N–H and O–H groups in total. The van der Waals surface area contributed by atoms with Crippen molar-refractivity contribution in [1.82, 2.24) is 9.21 Å². The van der Waals surface area contributed by atoms with Gasteiger partial charge in [0.05, 0.1) is 18.2 Å². The van der Waals surface area contributed by atoms with Crippen molar-refractivity contribution in [2.75, 3.05) is 31.1 Å². The van der Waals surface area contributed by atoms with Crippen LogP contribution in [0.2, 0.25) is 0 Å². The Morgan fingerprint density at radius 3 is 2.07 bits per heavy atom. The van der Waals surface area contributed by atoms with Gasteiger partial charge in [0, 0.05) is 26.2 Å². The molecule has 2 heterocycles. The first-order valence-corrected chi connectivity index (χ1v) is 10.8. The Bertz CT molecular complexity index is 1100. The molecule has 1 atom stereocenters. The zero-order valence-electron chi connectivity index (χ0n) is 15.9. The van der Waals surface area contributed by atoms with Crippen LogP contribution >= 0.6 is 0 Å². The lowest BCUT2D eigenvalue weighted by Crippen LogP contribution is -2.53. The smallest absolute Gasteiger partial charge is 0.251 e. The number of sulfonamides is 1. The molecule has 2 aliphatic rings. The molecule has 0 bridgehead atoms. The molecule has 7 nitrogen and oxygen atoms in total. The first kappa shape index (κ1) is 20.6. The van der Waals surface area contributed by atoms with E-state index >= 15 is 0 Å². The predicted molar refractivity (Wildman–Crippen MR) is 104 cm³/mol. The SMILES string of the molecule is O=C1C[C@@H](N2CCN(S(=O)(=O)c3ccccc3F)CC2)C(=O)N1c1ccccc1F. The van der Waals surface area contributed by atoms with Crippen molar-refractivity contribution in [2.45, 2.75) is 17.4 Å². The Kier molecular flexibility index (Phi) is 5.39. The van der Waals surface area contributed by atoms with Gasteiger partial charge in [0.15, 0.2) is 0 Å². The molecule has 2 aromatic rings. The number of anilines is 1. The quantitative estimate of drug-likeness (QED) is 0.682. The number of carbonyl (C=O) groups is 2. The Morgan fingerprint density at radius 2 is 1.43 bits per heavy atom. The second kappa shape index (κ2) is 7.86. The zero-order valence-corrected chi connectivity index (χ0v) is 16.7. The van der Waals surface area contributed by atoms with Crippen LogP contribution in [-0.2, 0) is 19.6 Å². The number of hydrogen-bond donors (Lipinski definition) is 0. The van der Waals surface area contributed by atoms with Gasteiger partial charge in [-0.1, -0.05) is 24.3 Å². The van der Waals surface area contributed by atoms with Crippen LogP contribution in [0.15, 0.2) is 53.4 Å². The molecule has 0 aliphatic carbocycles. The highest BCUT2D eigenvalue weighted by molar-refractivity contribution is 7.89. The van der Waals surface area contributed by atoms with Crippen molar-refractivity contribution in [3.8, 4) is 0 Å². The van der Waals surface area contributed by atoms with Crippen molar-refractivity contribution < 1.29 is 26.8 Å². The van der Waals surface area contributed by atoms with Gasteiger partial charge in [0.1, 0.15) is 16.5 Å². The molecule has 0 spiro atoms. The van der Waals surface area contributed by atoms with Crippen LogP contribution in [0.4, 0.5) is 14.5 Å². The van der Waals surface area contributed by atoms with Crippen LogP contribution in [0, 0.1) is 11.6 Å². The summed E-state index contributed by atoms with van der Waals surface area (Å²) in [6.45, 7) is 0.494. The van der Waals surface area contributed by atoms with Crippen LogP contribution in [-0.4, -0.2) is 61.7 Å². The third-order valence-corrected chi connectivity index (χ3v) is 7.32. The van der Waals surface area contributed by atoms with Crippen molar-refractivity contribution in [3.05, 3.63) is 60.2 Å². The van der Waals surface area contributed by atoms with Gasteiger partial charge in [-0.05, 0) is 24.3 Å². The fourth-order valence-corrected chi connectivity index (χ4v) is 5.32. The minimum atomic E-state index is -4.00. The lowest BCUT2D eigenvalue weighted by Gasteiger charge is -2.36. The first-order chi connectivity index (χ1) is 14.3. The topological polar surface area (TPSA) is 78.0 Å². The number of imide groups is 1. The van der Waals surface area contributed by atoms with Gasteiger partial charge >= 0.3 is 0 Å². The molecule has 4 rings (SSSR count). The van der Waals surface area contributed by atoms with E-state index < -0.39 is 44.4 Å². The standard InChI is InChI=1S/C20H19F2N3O4S/c21-14-5-1-3-7-16(14)25-19(26)13-17(20(25)27)23-9-11-24(12-10-23)30(28,29)18-8-4-2-6-15(18)22/h1-8,17H,9-13H2/t17-/m1/s1. The maximum absolute atomic E-state index is 14.1. The second-order valence-electron chi connectivity index (χ2n) is 7.11. The van der Waals surface area contributed by atoms with Crippen molar-refractivity contribution in [3.63, 3.8) is 0 Å². The molecule has 30 heavy (non-hydrogen) atoms. The van der Waals surface area contributed by atoms with Gasteiger partial charge in [-0.2, -0.15) is 4.31 Å². The number of rotatable bonds is 4.